The van der Waals surface area contributed by atoms with Crippen molar-refractivity contribution in [3.05, 3.63) is 77.4 Å². The minimum Gasteiger partial charge on any atom is -0.478 e. The van der Waals surface area contributed by atoms with Gasteiger partial charge in [0.1, 0.15) is 5.00 Å². The van der Waals surface area contributed by atoms with Crippen LogP contribution in [0.1, 0.15) is 20.7 Å². The van der Waals surface area contributed by atoms with Crippen LogP contribution in [0.4, 0.5) is 13.8 Å². The first-order valence-electron chi connectivity index (χ1n) is 7.14. The van der Waals surface area contributed by atoms with Crippen molar-refractivity contribution < 1.29 is 23.5 Å². The molecule has 3 rings (SSSR count). The minimum absolute atomic E-state index is 0.0696. The second-order valence-electron chi connectivity index (χ2n) is 5.11. The van der Waals surface area contributed by atoms with Gasteiger partial charge in [0, 0.05) is 10.4 Å². The number of rotatable bonds is 4. The number of benzene rings is 2. The lowest BCUT2D eigenvalue weighted by Crippen LogP contribution is -2.13. The van der Waals surface area contributed by atoms with Crippen LogP contribution in [0.5, 0.6) is 0 Å². The third kappa shape index (κ3) is 3.56. The molecule has 0 saturated carbocycles. The van der Waals surface area contributed by atoms with Crippen molar-refractivity contribution in [3.8, 4) is 10.4 Å². The summed E-state index contributed by atoms with van der Waals surface area (Å²) >= 11 is 1.09. The largest absolute Gasteiger partial charge is 0.478 e. The molecule has 0 fully saturated rings. The molecule has 126 valence electrons. The van der Waals surface area contributed by atoms with Gasteiger partial charge in [0.25, 0.3) is 5.91 Å². The van der Waals surface area contributed by atoms with Gasteiger partial charge in [-0.15, -0.1) is 11.3 Å². The molecule has 0 radical (unpaired) electrons. The van der Waals surface area contributed by atoms with Crippen molar-refractivity contribution in [1.29, 1.82) is 0 Å². The molecule has 0 saturated heterocycles. The number of carbonyl (C=O) groups is 2. The lowest BCUT2D eigenvalue weighted by atomic mass is 10.1. The highest BCUT2D eigenvalue weighted by atomic mass is 32.1. The maximum atomic E-state index is 13.3. The molecule has 0 aliphatic carbocycles. The number of aromatic carboxylic acids is 1. The summed E-state index contributed by atoms with van der Waals surface area (Å²) in [6.45, 7) is 0. The Morgan fingerprint density at radius 1 is 0.960 bits per heavy atom. The molecule has 0 spiro atoms. The van der Waals surface area contributed by atoms with E-state index in [0.29, 0.717) is 4.88 Å². The Balaban J connectivity index is 1.93. The monoisotopic (exact) mass is 359 g/mol. The summed E-state index contributed by atoms with van der Waals surface area (Å²) in [6, 6.07) is 13.3. The van der Waals surface area contributed by atoms with Gasteiger partial charge in [-0.25, -0.2) is 13.6 Å². The third-order valence-corrected chi connectivity index (χ3v) is 4.53. The van der Waals surface area contributed by atoms with Crippen LogP contribution < -0.4 is 5.32 Å². The molecule has 7 heteroatoms. The quantitative estimate of drug-likeness (QED) is 0.713. The number of halogens is 2. The van der Waals surface area contributed by atoms with E-state index < -0.39 is 23.5 Å². The van der Waals surface area contributed by atoms with E-state index in [0.717, 1.165) is 35.1 Å². The summed E-state index contributed by atoms with van der Waals surface area (Å²) in [4.78, 5) is 24.3. The molecule has 0 bridgehead atoms. The summed E-state index contributed by atoms with van der Waals surface area (Å²) in [6.07, 6.45) is 0. The summed E-state index contributed by atoms with van der Waals surface area (Å²) in [5, 5.41) is 11.9. The van der Waals surface area contributed by atoms with Crippen molar-refractivity contribution in [3.63, 3.8) is 0 Å². The van der Waals surface area contributed by atoms with Gasteiger partial charge in [0.15, 0.2) is 11.6 Å². The fourth-order valence-electron chi connectivity index (χ4n) is 2.20. The molecule has 0 aliphatic heterocycles. The van der Waals surface area contributed by atoms with Crippen molar-refractivity contribution >= 4 is 28.2 Å². The first-order chi connectivity index (χ1) is 12.0. The normalized spacial score (nSPS) is 10.5. The molecular weight excluding hydrogens is 348 g/mol. The van der Waals surface area contributed by atoms with E-state index in [2.05, 4.69) is 5.32 Å². The smallest absolute Gasteiger partial charge is 0.338 e. The minimum atomic E-state index is -1.20. The van der Waals surface area contributed by atoms with Crippen molar-refractivity contribution in [2.45, 2.75) is 0 Å². The summed E-state index contributed by atoms with van der Waals surface area (Å²) in [5.74, 6) is -4.13. The SMILES string of the molecule is O=C(Nc1sc(-c2ccccc2)cc1C(=O)O)c1ccc(F)c(F)c1. The first-order valence-corrected chi connectivity index (χ1v) is 7.96. The van der Waals surface area contributed by atoms with Crippen LogP contribution in [0.25, 0.3) is 10.4 Å². The molecule has 2 aromatic carbocycles. The summed E-state index contributed by atoms with van der Waals surface area (Å²) < 4.78 is 26.2. The molecule has 1 amide bonds. The number of carboxylic acid groups (broad SMARTS) is 1. The molecular formula is C18H11F2NO3S. The number of thiophene rings is 1. The number of amides is 1. The Hall–Kier alpha value is -3.06. The molecule has 4 nitrogen and oxygen atoms in total. The first kappa shape index (κ1) is 16.8. The zero-order valence-corrected chi connectivity index (χ0v) is 13.4. The third-order valence-electron chi connectivity index (χ3n) is 3.43. The standard InChI is InChI=1S/C18H11F2NO3S/c19-13-7-6-11(8-14(13)20)16(22)21-17-12(18(23)24)9-15(25-17)10-4-2-1-3-5-10/h1-9H,(H,21,22)(H,23,24). The fourth-order valence-corrected chi connectivity index (χ4v) is 3.25. The molecule has 0 aliphatic rings. The van der Waals surface area contributed by atoms with Crippen LogP contribution in [0, 0.1) is 11.6 Å². The summed E-state index contributed by atoms with van der Waals surface area (Å²) in [7, 11) is 0. The molecule has 3 aromatic rings. The van der Waals surface area contributed by atoms with Gasteiger partial charge in [-0.2, -0.15) is 0 Å². The number of carbonyl (C=O) groups excluding carboxylic acids is 1. The highest BCUT2D eigenvalue weighted by Crippen LogP contribution is 2.35. The van der Waals surface area contributed by atoms with Gasteiger partial charge < -0.3 is 10.4 Å². The number of anilines is 1. The average molecular weight is 359 g/mol. The number of hydrogen-bond donors (Lipinski definition) is 2. The molecule has 1 heterocycles. The molecule has 0 unspecified atom stereocenters. The van der Waals surface area contributed by atoms with Crippen LogP contribution in [-0.2, 0) is 0 Å². The van der Waals surface area contributed by atoms with Crippen LogP contribution in [0.15, 0.2) is 54.6 Å². The maximum absolute atomic E-state index is 13.3. The van der Waals surface area contributed by atoms with Crippen LogP contribution in [0.3, 0.4) is 0 Å². The van der Waals surface area contributed by atoms with E-state index in [-0.39, 0.29) is 16.1 Å². The second-order valence-corrected chi connectivity index (χ2v) is 6.16. The number of nitrogens with one attached hydrogen (secondary N) is 1. The molecule has 0 atom stereocenters. The Kier molecular flexibility index (Phi) is 4.58. The number of carboxylic acids is 1. The van der Waals surface area contributed by atoms with Gasteiger partial charge in [0.2, 0.25) is 0 Å². The molecule has 1 aromatic heterocycles. The van der Waals surface area contributed by atoms with Crippen molar-refractivity contribution in [2.75, 3.05) is 5.32 Å². The lowest BCUT2D eigenvalue weighted by molar-refractivity contribution is 0.0698. The van der Waals surface area contributed by atoms with Crippen LogP contribution in [0.2, 0.25) is 0 Å². The fraction of sp³-hybridized carbons (Fsp3) is 0. The van der Waals surface area contributed by atoms with E-state index in [4.69, 9.17) is 0 Å². The Morgan fingerprint density at radius 3 is 2.32 bits per heavy atom. The van der Waals surface area contributed by atoms with Gasteiger partial charge in [-0.3, -0.25) is 4.79 Å². The zero-order valence-electron chi connectivity index (χ0n) is 12.6. The molecule has 2 N–H and O–H groups in total. The van der Waals surface area contributed by atoms with E-state index in [1.807, 2.05) is 30.3 Å². The Morgan fingerprint density at radius 2 is 1.68 bits per heavy atom. The maximum Gasteiger partial charge on any atom is 0.338 e. The predicted octanol–water partition coefficient (Wildman–Crippen LogP) is 4.64. The van der Waals surface area contributed by atoms with E-state index in [1.165, 1.54) is 6.07 Å². The van der Waals surface area contributed by atoms with E-state index in [1.54, 1.807) is 0 Å². The Bertz CT molecular complexity index is 954. The van der Waals surface area contributed by atoms with E-state index >= 15 is 0 Å². The zero-order chi connectivity index (χ0) is 18.0. The molecule has 25 heavy (non-hydrogen) atoms. The second kappa shape index (κ2) is 6.82. The topological polar surface area (TPSA) is 66.4 Å². The highest BCUT2D eigenvalue weighted by Gasteiger charge is 2.19. The average Bonchev–Trinajstić information content (AvgIpc) is 3.02. The summed E-state index contributed by atoms with van der Waals surface area (Å²) in [5.41, 5.74) is 0.632. The lowest BCUT2D eigenvalue weighted by Gasteiger charge is -2.04. The number of hydrogen-bond acceptors (Lipinski definition) is 3. The predicted molar refractivity (Wildman–Crippen MR) is 91.0 cm³/mol. The van der Waals surface area contributed by atoms with E-state index in [9.17, 15) is 23.5 Å². The van der Waals surface area contributed by atoms with Crippen molar-refractivity contribution in [1.82, 2.24) is 0 Å². The van der Waals surface area contributed by atoms with Gasteiger partial charge in [0.05, 0.1) is 5.56 Å². The van der Waals surface area contributed by atoms with Gasteiger partial charge in [-0.1, -0.05) is 30.3 Å². The van der Waals surface area contributed by atoms with Crippen molar-refractivity contribution in [2.24, 2.45) is 0 Å². The highest BCUT2D eigenvalue weighted by molar-refractivity contribution is 7.20. The van der Waals surface area contributed by atoms with Gasteiger partial charge in [-0.05, 0) is 29.8 Å². The van der Waals surface area contributed by atoms with Gasteiger partial charge >= 0.3 is 5.97 Å². The van der Waals surface area contributed by atoms with Crippen LogP contribution in [-0.4, -0.2) is 17.0 Å². The Labute approximate surface area is 145 Å². The van der Waals surface area contributed by atoms with Crippen LogP contribution >= 0.6 is 11.3 Å².